The highest BCUT2D eigenvalue weighted by Crippen LogP contribution is 2.33. The van der Waals surface area contributed by atoms with E-state index in [2.05, 4.69) is 10.3 Å². The van der Waals surface area contributed by atoms with Gasteiger partial charge in [-0.25, -0.2) is 4.39 Å². The van der Waals surface area contributed by atoms with Crippen molar-refractivity contribution >= 4 is 5.91 Å². The SMILES string of the molecule is Cc1cc(C2CCCN2C(=O)c2cc(-c3ccc(F)cc3)on2)no1. The van der Waals surface area contributed by atoms with Crippen LogP contribution in [0.15, 0.2) is 45.4 Å². The van der Waals surface area contributed by atoms with Gasteiger partial charge in [-0.3, -0.25) is 4.79 Å². The molecule has 1 atom stereocenters. The highest BCUT2D eigenvalue weighted by molar-refractivity contribution is 5.93. The van der Waals surface area contributed by atoms with Crippen molar-refractivity contribution in [2.45, 2.75) is 25.8 Å². The summed E-state index contributed by atoms with van der Waals surface area (Å²) in [5.74, 6) is 0.605. The minimum atomic E-state index is -0.331. The van der Waals surface area contributed by atoms with Gasteiger partial charge in [-0.15, -0.1) is 0 Å². The van der Waals surface area contributed by atoms with Gasteiger partial charge in [-0.2, -0.15) is 0 Å². The Hall–Kier alpha value is -2.96. The molecule has 1 unspecified atom stereocenters. The number of benzene rings is 1. The topological polar surface area (TPSA) is 72.4 Å². The lowest BCUT2D eigenvalue weighted by Crippen LogP contribution is -2.30. The summed E-state index contributed by atoms with van der Waals surface area (Å²) in [6.07, 6.45) is 1.73. The molecule has 2 aromatic heterocycles. The predicted octanol–water partition coefficient (Wildman–Crippen LogP) is 3.75. The molecule has 1 amide bonds. The van der Waals surface area contributed by atoms with E-state index in [4.69, 9.17) is 9.05 Å². The molecule has 1 fully saturated rings. The van der Waals surface area contributed by atoms with E-state index >= 15 is 0 Å². The Bertz CT molecular complexity index is 900. The lowest BCUT2D eigenvalue weighted by Gasteiger charge is -2.21. The summed E-state index contributed by atoms with van der Waals surface area (Å²) in [5, 5.41) is 7.93. The number of hydrogen-bond acceptors (Lipinski definition) is 5. The molecular formula is C18H16FN3O3. The zero-order chi connectivity index (χ0) is 17.4. The fraction of sp³-hybridized carbons (Fsp3) is 0.278. The monoisotopic (exact) mass is 341 g/mol. The van der Waals surface area contributed by atoms with Gasteiger partial charge in [0.05, 0.1) is 6.04 Å². The third-order valence-corrected chi connectivity index (χ3v) is 4.36. The average Bonchev–Trinajstić information content (AvgIpc) is 3.35. The van der Waals surface area contributed by atoms with E-state index in [0.717, 1.165) is 18.5 Å². The van der Waals surface area contributed by atoms with Crippen LogP contribution in [0.4, 0.5) is 4.39 Å². The van der Waals surface area contributed by atoms with Crippen molar-refractivity contribution in [1.82, 2.24) is 15.2 Å². The Balaban J connectivity index is 1.57. The number of halogens is 1. The van der Waals surface area contributed by atoms with Gasteiger partial charge in [0.15, 0.2) is 11.5 Å². The first kappa shape index (κ1) is 15.6. The molecule has 0 aliphatic carbocycles. The quantitative estimate of drug-likeness (QED) is 0.725. The number of carbonyl (C=O) groups excluding carboxylic acids is 1. The standard InChI is InChI=1S/C18H16FN3O3/c1-11-9-14(20-24-11)16-3-2-8-22(16)18(23)15-10-17(25-21-15)12-4-6-13(19)7-5-12/h4-7,9-10,16H,2-3,8H2,1H3. The van der Waals surface area contributed by atoms with Crippen molar-refractivity contribution in [1.29, 1.82) is 0 Å². The summed E-state index contributed by atoms with van der Waals surface area (Å²) in [6, 6.07) is 9.16. The smallest absolute Gasteiger partial charge is 0.276 e. The number of aryl methyl sites for hydroxylation is 1. The van der Waals surface area contributed by atoms with Crippen molar-refractivity contribution in [3.8, 4) is 11.3 Å². The lowest BCUT2D eigenvalue weighted by molar-refractivity contribution is 0.0720. The molecule has 1 aliphatic heterocycles. The molecule has 0 N–H and O–H groups in total. The maximum Gasteiger partial charge on any atom is 0.276 e. The van der Waals surface area contributed by atoms with Crippen LogP contribution in [0.3, 0.4) is 0 Å². The van der Waals surface area contributed by atoms with Gasteiger partial charge >= 0.3 is 0 Å². The van der Waals surface area contributed by atoms with Crippen LogP contribution in [0, 0.1) is 12.7 Å². The number of nitrogens with zero attached hydrogens (tertiary/aromatic N) is 3. The van der Waals surface area contributed by atoms with E-state index in [0.29, 0.717) is 23.6 Å². The van der Waals surface area contributed by atoms with Crippen LogP contribution >= 0.6 is 0 Å². The van der Waals surface area contributed by atoms with Crippen molar-refractivity contribution in [2.75, 3.05) is 6.54 Å². The molecule has 4 rings (SSSR count). The van der Waals surface area contributed by atoms with Crippen molar-refractivity contribution in [3.05, 3.63) is 59.4 Å². The fourth-order valence-electron chi connectivity index (χ4n) is 3.13. The largest absolute Gasteiger partial charge is 0.361 e. The van der Waals surface area contributed by atoms with E-state index in [-0.39, 0.29) is 23.5 Å². The van der Waals surface area contributed by atoms with Gasteiger partial charge in [-0.05, 0) is 44.0 Å². The highest BCUT2D eigenvalue weighted by Gasteiger charge is 2.34. The molecule has 0 radical (unpaired) electrons. The second-order valence-corrected chi connectivity index (χ2v) is 6.10. The number of rotatable bonds is 3. The van der Waals surface area contributed by atoms with Gasteiger partial charge in [0.1, 0.15) is 17.3 Å². The maximum atomic E-state index is 13.0. The molecule has 1 saturated heterocycles. The molecule has 7 heteroatoms. The fourth-order valence-corrected chi connectivity index (χ4v) is 3.13. The number of amides is 1. The summed E-state index contributed by atoms with van der Waals surface area (Å²) in [5.41, 5.74) is 1.65. The molecule has 3 heterocycles. The minimum Gasteiger partial charge on any atom is -0.361 e. The highest BCUT2D eigenvalue weighted by atomic mass is 19.1. The minimum absolute atomic E-state index is 0.115. The van der Waals surface area contributed by atoms with E-state index in [1.807, 2.05) is 13.0 Å². The van der Waals surface area contributed by atoms with Crippen molar-refractivity contribution in [3.63, 3.8) is 0 Å². The van der Waals surface area contributed by atoms with Crippen LogP contribution in [0.5, 0.6) is 0 Å². The lowest BCUT2D eigenvalue weighted by atomic mass is 10.1. The van der Waals surface area contributed by atoms with Gasteiger partial charge in [0, 0.05) is 24.2 Å². The van der Waals surface area contributed by atoms with Crippen molar-refractivity contribution in [2.24, 2.45) is 0 Å². The summed E-state index contributed by atoms with van der Waals surface area (Å²) in [6.45, 7) is 2.46. The molecule has 1 aliphatic rings. The van der Waals surface area contributed by atoms with Gasteiger partial charge in [-0.1, -0.05) is 10.3 Å². The van der Waals surface area contributed by atoms with Crippen LogP contribution in [0.2, 0.25) is 0 Å². The van der Waals surface area contributed by atoms with Crippen LogP contribution < -0.4 is 0 Å². The molecule has 0 saturated carbocycles. The Morgan fingerprint density at radius 3 is 2.72 bits per heavy atom. The predicted molar refractivity (Wildman–Crippen MR) is 86.1 cm³/mol. The molecule has 1 aromatic carbocycles. The number of aromatic nitrogens is 2. The van der Waals surface area contributed by atoms with Gasteiger partial charge in [0.25, 0.3) is 5.91 Å². The summed E-state index contributed by atoms with van der Waals surface area (Å²) in [4.78, 5) is 14.6. The Morgan fingerprint density at radius 1 is 1.20 bits per heavy atom. The van der Waals surface area contributed by atoms with Gasteiger partial charge in [0.2, 0.25) is 0 Å². The second kappa shape index (κ2) is 6.16. The third kappa shape index (κ3) is 2.93. The molecule has 3 aromatic rings. The summed E-state index contributed by atoms with van der Waals surface area (Å²) < 4.78 is 23.4. The first-order chi connectivity index (χ1) is 12.1. The van der Waals surface area contributed by atoms with Crippen molar-refractivity contribution < 1.29 is 18.2 Å². The second-order valence-electron chi connectivity index (χ2n) is 6.10. The molecule has 6 nitrogen and oxygen atoms in total. The Morgan fingerprint density at radius 2 is 2.00 bits per heavy atom. The molecular weight excluding hydrogens is 325 g/mol. The van der Waals surface area contributed by atoms with Gasteiger partial charge < -0.3 is 13.9 Å². The zero-order valence-corrected chi connectivity index (χ0v) is 13.6. The average molecular weight is 341 g/mol. The van der Waals surface area contributed by atoms with E-state index in [1.165, 1.54) is 12.1 Å². The van der Waals surface area contributed by atoms with E-state index < -0.39 is 0 Å². The normalized spacial score (nSPS) is 17.2. The van der Waals surface area contributed by atoms with Crippen LogP contribution in [-0.2, 0) is 0 Å². The Labute approximate surface area is 143 Å². The van der Waals surface area contributed by atoms with E-state index in [1.54, 1.807) is 23.1 Å². The van der Waals surface area contributed by atoms with Crippen LogP contribution in [-0.4, -0.2) is 27.7 Å². The molecule has 0 spiro atoms. The number of carbonyl (C=O) groups is 1. The molecule has 0 bridgehead atoms. The van der Waals surface area contributed by atoms with Crippen LogP contribution in [0.25, 0.3) is 11.3 Å². The van der Waals surface area contributed by atoms with E-state index in [9.17, 15) is 9.18 Å². The first-order valence-corrected chi connectivity index (χ1v) is 8.08. The Kier molecular flexibility index (Phi) is 3.83. The summed E-state index contributed by atoms with van der Waals surface area (Å²) in [7, 11) is 0. The third-order valence-electron chi connectivity index (χ3n) is 4.36. The first-order valence-electron chi connectivity index (χ1n) is 8.08. The molecule has 128 valence electrons. The maximum absolute atomic E-state index is 13.0. The number of likely N-dealkylation sites (tertiary alicyclic amines) is 1. The van der Waals surface area contributed by atoms with Crippen LogP contribution in [0.1, 0.15) is 40.8 Å². The summed E-state index contributed by atoms with van der Waals surface area (Å²) >= 11 is 0. The molecule has 25 heavy (non-hydrogen) atoms. The zero-order valence-electron chi connectivity index (χ0n) is 13.6. The number of hydrogen-bond donors (Lipinski definition) is 0.